The first-order chi connectivity index (χ1) is 4.06. The van der Waals surface area contributed by atoms with E-state index >= 15 is 0 Å². The molecule has 0 heterocycles. The van der Waals surface area contributed by atoms with Crippen LogP contribution in [0, 0.1) is 0 Å². The Labute approximate surface area is 67.3 Å². The van der Waals surface area contributed by atoms with Gasteiger partial charge < -0.3 is 0 Å². The molecule has 0 aromatic heterocycles. The van der Waals surface area contributed by atoms with Crippen LogP contribution in [0.3, 0.4) is 0 Å². The van der Waals surface area contributed by atoms with E-state index in [1.54, 1.807) is 0 Å². The second-order valence-corrected chi connectivity index (χ2v) is 1.93. The highest BCUT2D eigenvalue weighted by atomic mass is 35.7. The van der Waals surface area contributed by atoms with E-state index in [-0.39, 0.29) is 0 Å². The molecule has 1 atom stereocenters. The van der Waals surface area contributed by atoms with Gasteiger partial charge in [-0.05, 0) is 23.2 Å². The lowest BCUT2D eigenvalue weighted by Gasteiger charge is -1.67. The normalized spacial score (nSPS) is 7.44. The van der Waals surface area contributed by atoms with Gasteiger partial charge in [-0.2, -0.15) is 0 Å². The molecule has 0 saturated heterocycles. The van der Waals surface area contributed by atoms with Crippen LogP contribution in [0.5, 0.6) is 0 Å². The molecule has 0 aliphatic rings. The van der Waals surface area contributed by atoms with Gasteiger partial charge in [0.05, 0.1) is 0 Å². The van der Waals surface area contributed by atoms with Crippen molar-refractivity contribution in [3.05, 3.63) is 0 Å². The van der Waals surface area contributed by atoms with Crippen molar-refractivity contribution in [3.8, 4) is 0 Å². The number of carbonyl (C=O) groups is 2. The minimum Gasteiger partial charge on any atom is -0.271 e. The maximum absolute atomic E-state index is 9.43. The first-order valence-corrected chi connectivity index (χ1v) is 4.11. The Morgan fingerprint density at radius 3 is 1.22 bits per heavy atom. The summed E-state index contributed by atoms with van der Waals surface area (Å²) >= 11 is 13.5. The van der Waals surface area contributed by atoms with Gasteiger partial charge in [0.1, 0.15) is 0 Å². The van der Waals surface area contributed by atoms with Gasteiger partial charge in [0, 0.05) is 0 Å². The van der Waals surface area contributed by atoms with Gasteiger partial charge >= 0.3 is 18.3 Å². The first-order valence-electron chi connectivity index (χ1n) is 1.43. The monoisotopic (exact) mass is 209 g/mol. The maximum atomic E-state index is 9.43. The summed E-state index contributed by atoms with van der Waals surface area (Å²) in [6.45, 7) is 0. The van der Waals surface area contributed by atoms with Gasteiger partial charge in [-0.15, -0.1) is 0 Å². The third kappa shape index (κ3) is 17.8. The molecule has 0 rings (SSSR count). The van der Waals surface area contributed by atoms with E-state index in [2.05, 4.69) is 34.4 Å². The predicted molar refractivity (Wildman–Crippen MR) is 36.6 cm³/mol. The van der Waals surface area contributed by atoms with Gasteiger partial charge in [0.25, 0.3) is 0 Å². The predicted octanol–water partition coefficient (Wildman–Crippen LogP) is 1.68. The van der Waals surface area contributed by atoms with Crippen LogP contribution in [0.1, 0.15) is 0 Å². The molecule has 9 heavy (non-hydrogen) atoms. The van der Waals surface area contributed by atoms with Gasteiger partial charge in [-0.25, -0.2) is 0 Å². The van der Waals surface area contributed by atoms with E-state index in [4.69, 9.17) is 4.57 Å². The van der Waals surface area contributed by atoms with E-state index in [0.717, 1.165) is 0 Å². The highest BCUT2D eigenvalue weighted by Gasteiger charge is 2.01. The third-order valence-corrected chi connectivity index (χ3v) is 0.595. The minimum atomic E-state index is -1.14. The molecule has 0 aliphatic carbocycles. The fourth-order valence-corrected chi connectivity index (χ4v) is 0. The molecule has 7 heteroatoms. The molecular formula is C2HCl3O3P+. The van der Waals surface area contributed by atoms with Crippen molar-refractivity contribution in [2.24, 2.45) is 0 Å². The lowest BCUT2D eigenvalue weighted by molar-refractivity contribution is -0.127. The Bertz CT molecular complexity index is 112. The molecule has 0 aromatic rings. The highest BCUT2D eigenvalue weighted by Crippen LogP contribution is 1.92. The first kappa shape index (κ1) is 12.0. The average Bonchev–Trinajstić information content (AvgIpc) is 1.68. The molecular weight excluding hydrogens is 209 g/mol. The molecule has 0 radical (unpaired) electrons. The molecule has 0 spiro atoms. The Morgan fingerprint density at radius 2 is 1.22 bits per heavy atom. The second-order valence-electron chi connectivity index (χ2n) is 0.625. The zero-order valence-corrected chi connectivity index (χ0v) is 7.13. The van der Waals surface area contributed by atoms with Crippen LogP contribution in [0.15, 0.2) is 0 Å². The Hall–Kier alpha value is 0.310. The molecule has 0 bridgehead atoms. The molecule has 0 N–H and O–H groups in total. The standard InChI is InChI=1S/C2Cl2O2.ClOP/c3-1(5)2(4)6;1-3-2/p+1. The summed E-state index contributed by atoms with van der Waals surface area (Å²) in [5.74, 6) is 0. The molecule has 1 unspecified atom stereocenters. The van der Waals surface area contributed by atoms with Crippen molar-refractivity contribution in [3.63, 3.8) is 0 Å². The summed E-state index contributed by atoms with van der Waals surface area (Å²) in [4.78, 5) is 18.9. The quantitative estimate of drug-likeness (QED) is 0.376. The van der Waals surface area contributed by atoms with E-state index in [1.807, 2.05) is 0 Å². The molecule has 0 saturated carbocycles. The Kier molecular flexibility index (Phi) is 11.1. The van der Waals surface area contributed by atoms with E-state index in [0.29, 0.717) is 0 Å². The van der Waals surface area contributed by atoms with Crippen LogP contribution in [-0.4, -0.2) is 10.5 Å². The summed E-state index contributed by atoms with van der Waals surface area (Å²) in [5, 5.41) is -2.28. The Morgan fingerprint density at radius 1 is 1.11 bits per heavy atom. The lowest BCUT2D eigenvalue weighted by atomic mass is 10.9. The van der Waals surface area contributed by atoms with Crippen LogP contribution in [0.4, 0.5) is 0 Å². The lowest BCUT2D eigenvalue weighted by Crippen LogP contribution is -1.94. The molecule has 0 aliphatic heterocycles. The molecule has 0 fully saturated rings. The topological polar surface area (TPSA) is 51.2 Å². The van der Waals surface area contributed by atoms with Crippen LogP contribution < -0.4 is 0 Å². The number of halogens is 3. The van der Waals surface area contributed by atoms with Gasteiger partial charge in [0.15, 0.2) is 0 Å². The molecule has 52 valence electrons. The van der Waals surface area contributed by atoms with Crippen LogP contribution in [-0.2, 0) is 14.2 Å². The highest BCUT2D eigenvalue weighted by molar-refractivity contribution is 7.57. The largest absolute Gasteiger partial charge is 0.441 e. The summed E-state index contributed by atoms with van der Waals surface area (Å²) in [6, 6.07) is 0. The van der Waals surface area contributed by atoms with Crippen molar-refractivity contribution in [1.29, 1.82) is 0 Å². The average molecular weight is 210 g/mol. The van der Waals surface area contributed by atoms with E-state index in [1.165, 1.54) is 0 Å². The molecule has 3 nitrogen and oxygen atoms in total. The smallest absolute Gasteiger partial charge is 0.271 e. The minimum absolute atomic E-state index is 0.694. The van der Waals surface area contributed by atoms with Gasteiger partial charge in [-0.3, -0.25) is 9.59 Å². The zero-order chi connectivity index (χ0) is 7.86. The SMILES string of the molecule is O=C(Cl)C(=O)Cl.O=[PH+]Cl. The number of hydrogen-bond acceptors (Lipinski definition) is 3. The number of rotatable bonds is 1. The third-order valence-electron chi connectivity index (χ3n) is 0.155. The zero-order valence-electron chi connectivity index (χ0n) is 3.86. The van der Waals surface area contributed by atoms with Gasteiger partial charge in [0.2, 0.25) is 11.2 Å². The summed E-state index contributed by atoms with van der Waals surface area (Å²) in [7, 11) is -0.694. The van der Waals surface area contributed by atoms with Crippen molar-refractivity contribution in [2.75, 3.05) is 0 Å². The summed E-state index contributed by atoms with van der Waals surface area (Å²) in [5.41, 5.74) is 0. The fraction of sp³-hybridized carbons (Fsp3) is 0. The van der Waals surface area contributed by atoms with Crippen molar-refractivity contribution in [2.45, 2.75) is 0 Å². The second kappa shape index (κ2) is 8.31. The number of carbonyl (C=O) groups excluding carboxylic acids is 2. The van der Waals surface area contributed by atoms with Crippen LogP contribution >= 0.6 is 42.3 Å². The van der Waals surface area contributed by atoms with Gasteiger partial charge in [-0.1, -0.05) is 4.57 Å². The number of hydrogen-bond donors (Lipinski definition) is 0. The van der Waals surface area contributed by atoms with Crippen molar-refractivity contribution < 1.29 is 14.2 Å². The molecule has 0 aromatic carbocycles. The molecule has 0 amide bonds. The van der Waals surface area contributed by atoms with Crippen LogP contribution in [0.25, 0.3) is 0 Å². The van der Waals surface area contributed by atoms with Crippen molar-refractivity contribution in [1.82, 2.24) is 0 Å². The van der Waals surface area contributed by atoms with Crippen molar-refractivity contribution >= 4 is 52.7 Å². The summed E-state index contributed by atoms with van der Waals surface area (Å²) < 4.78 is 8.72. The van der Waals surface area contributed by atoms with Crippen LogP contribution in [0.2, 0.25) is 0 Å². The Balaban J connectivity index is 0. The fourth-order valence-electron chi connectivity index (χ4n) is 0. The van der Waals surface area contributed by atoms with E-state index < -0.39 is 18.3 Å². The maximum Gasteiger partial charge on any atom is 0.441 e. The summed E-state index contributed by atoms with van der Waals surface area (Å²) in [6.07, 6.45) is 0. The van der Waals surface area contributed by atoms with E-state index in [9.17, 15) is 9.59 Å².